The third-order valence-corrected chi connectivity index (χ3v) is 4.42. The van der Waals surface area contributed by atoms with E-state index in [2.05, 4.69) is 17.5 Å². The van der Waals surface area contributed by atoms with E-state index in [1.165, 1.54) is 12.8 Å². The van der Waals surface area contributed by atoms with Crippen LogP contribution >= 0.6 is 0 Å². The second-order valence-corrected chi connectivity index (χ2v) is 5.03. The number of hydrogen-bond acceptors (Lipinski definition) is 2. The predicted molar refractivity (Wildman–Crippen MR) is 55.9 cm³/mol. The molecule has 0 aromatic carbocycles. The summed E-state index contributed by atoms with van der Waals surface area (Å²) in [6, 6.07) is 0. The van der Waals surface area contributed by atoms with Crippen LogP contribution in [-0.2, 0) is 4.79 Å². The summed E-state index contributed by atoms with van der Waals surface area (Å²) in [5, 5.41) is 4.08. The maximum absolute atomic E-state index is 11.9. The van der Waals surface area contributed by atoms with Gasteiger partial charge in [0.15, 0.2) is 0 Å². The molecule has 0 spiro atoms. The number of carbonyl (C=O) groups excluding carboxylic acids is 1. The van der Waals surface area contributed by atoms with Gasteiger partial charge in [-0.15, -0.1) is 0 Å². The van der Waals surface area contributed by atoms with Crippen molar-refractivity contribution >= 4 is 11.6 Å². The predicted octanol–water partition coefficient (Wildman–Crippen LogP) is 2.08. The van der Waals surface area contributed by atoms with Gasteiger partial charge in [0.05, 0.1) is 11.1 Å². The second kappa shape index (κ2) is 2.81. The number of hydrogen-bond donors (Lipinski definition) is 1. The standard InChI is InChI=1S/C11H18N2O/c1-8-11(3,9(14)13-12-8)10(2)6-4-5-7-10/h4-7H2,1-3H3,(H,13,14). The molecule has 1 N–H and O–H groups in total. The van der Waals surface area contributed by atoms with Gasteiger partial charge in [0.2, 0.25) is 0 Å². The molecular weight excluding hydrogens is 176 g/mol. The average Bonchev–Trinajstić information content (AvgIpc) is 2.68. The van der Waals surface area contributed by atoms with E-state index in [-0.39, 0.29) is 16.7 Å². The molecule has 1 aliphatic carbocycles. The molecule has 1 fully saturated rings. The van der Waals surface area contributed by atoms with Crippen LogP contribution in [0.25, 0.3) is 0 Å². The Morgan fingerprint density at radius 1 is 1.29 bits per heavy atom. The monoisotopic (exact) mass is 194 g/mol. The molecule has 1 saturated carbocycles. The molecular formula is C11H18N2O. The third-order valence-electron chi connectivity index (χ3n) is 4.42. The lowest BCUT2D eigenvalue weighted by Gasteiger charge is -2.39. The number of carbonyl (C=O) groups is 1. The van der Waals surface area contributed by atoms with Crippen LogP contribution in [0.15, 0.2) is 5.10 Å². The van der Waals surface area contributed by atoms with Gasteiger partial charge in [0, 0.05) is 0 Å². The maximum Gasteiger partial charge on any atom is 0.252 e. The average molecular weight is 194 g/mol. The minimum Gasteiger partial charge on any atom is -0.272 e. The van der Waals surface area contributed by atoms with Gasteiger partial charge in [0.1, 0.15) is 0 Å². The molecule has 0 radical (unpaired) electrons. The Hall–Kier alpha value is -0.860. The van der Waals surface area contributed by atoms with E-state index in [0.29, 0.717) is 0 Å². The second-order valence-electron chi connectivity index (χ2n) is 5.03. The molecule has 0 saturated heterocycles. The number of amides is 1. The number of nitrogens with zero attached hydrogens (tertiary/aromatic N) is 1. The molecule has 0 aromatic rings. The summed E-state index contributed by atoms with van der Waals surface area (Å²) in [6.07, 6.45) is 4.77. The molecule has 3 heteroatoms. The number of hydrazone groups is 1. The van der Waals surface area contributed by atoms with Gasteiger partial charge >= 0.3 is 0 Å². The Morgan fingerprint density at radius 2 is 1.86 bits per heavy atom. The zero-order valence-electron chi connectivity index (χ0n) is 9.18. The van der Waals surface area contributed by atoms with Crippen LogP contribution in [0, 0.1) is 10.8 Å². The van der Waals surface area contributed by atoms with Crippen LogP contribution in [0.5, 0.6) is 0 Å². The summed E-state index contributed by atoms with van der Waals surface area (Å²) in [6.45, 7) is 6.23. The molecule has 2 rings (SSSR count). The molecule has 2 aliphatic rings. The minimum absolute atomic E-state index is 0.0828. The van der Waals surface area contributed by atoms with E-state index in [0.717, 1.165) is 18.6 Å². The van der Waals surface area contributed by atoms with E-state index in [4.69, 9.17) is 0 Å². The highest BCUT2D eigenvalue weighted by Crippen LogP contribution is 2.53. The number of rotatable bonds is 1. The van der Waals surface area contributed by atoms with E-state index < -0.39 is 0 Å². The van der Waals surface area contributed by atoms with Crippen molar-refractivity contribution in [3.05, 3.63) is 0 Å². The Balaban J connectivity index is 2.39. The van der Waals surface area contributed by atoms with Gasteiger partial charge in [-0.25, -0.2) is 5.43 Å². The summed E-state index contributed by atoms with van der Waals surface area (Å²) >= 11 is 0. The molecule has 14 heavy (non-hydrogen) atoms. The molecule has 3 nitrogen and oxygen atoms in total. The Kier molecular flexibility index (Phi) is 1.95. The van der Waals surface area contributed by atoms with Crippen LogP contribution in [0.1, 0.15) is 46.5 Å². The van der Waals surface area contributed by atoms with E-state index in [1.807, 2.05) is 13.8 Å². The summed E-state index contributed by atoms with van der Waals surface area (Å²) in [7, 11) is 0. The first-order valence-electron chi connectivity index (χ1n) is 5.36. The summed E-state index contributed by atoms with van der Waals surface area (Å²) < 4.78 is 0. The summed E-state index contributed by atoms with van der Waals surface area (Å²) in [5.41, 5.74) is 3.30. The third kappa shape index (κ3) is 0.983. The first-order chi connectivity index (χ1) is 6.51. The first kappa shape index (κ1) is 9.69. The molecule has 1 heterocycles. The van der Waals surface area contributed by atoms with Gasteiger partial charge < -0.3 is 0 Å². The Morgan fingerprint density at radius 3 is 2.29 bits per heavy atom. The normalized spacial score (nSPS) is 35.6. The van der Waals surface area contributed by atoms with Gasteiger partial charge in [-0.1, -0.05) is 19.8 Å². The van der Waals surface area contributed by atoms with Crippen molar-refractivity contribution in [1.29, 1.82) is 0 Å². The van der Waals surface area contributed by atoms with Gasteiger partial charge in [0.25, 0.3) is 5.91 Å². The van der Waals surface area contributed by atoms with E-state index in [1.54, 1.807) is 0 Å². The topological polar surface area (TPSA) is 41.5 Å². The zero-order valence-corrected chi connectivity index (χ0v) is 9.18. The molecule has 1 aliphatic heterocycles. The van der Waals surface area contributed by atoms with Crippen molar-refractivity contribution in [2.75, 3.05) is 0 Å². The Labute approximate surface area is 85.0 Å². The fraction of sp³-hybridized carbons (Fsp3) is 0.818. The van der Waals surface area contributed by atoms with E-state index in [9.17, 15) is 4.79 Å². The summed E-state index contributed by atoms with van der Waals surface area (Å²) in [4.78, 5) is 11.9. The molecule has 1 atom stereocenters. The van der Waals surface area contributed by atoms with Crippen molar-refractivity contribution in [2.24, 2.45) is 15.9 Å². The molecule has 0 bridgehead atoms. The van der Waals surface area contributed by atoms with Crippen LogP contribution < -0.4 is 5.43 Å². The van der Waals surface area contributed by atoms with Crippen molar-refractivity contribution in [3.8, 4) is 0 Å². The van der Waals surface area contributed by atoms with Crippen LogP contribution in [0.2, 0.25) is 0 Å². The lowest BCUT2D eigenvalue weighted by atomic mass is 9.62. The first-order valence-corrected chi connectivity index (χ1v) is 5.36. The van der Waals surface area contributed by atoms with Gasteiger partial charge in [-0.2, -0.15) is 5.10 Å². The summed E-state index contributed by atoms with van der Waals surface area (Å²) in [5.74, 6) is 0.0828. The quantitative estimate of drug-likeness (QED) is 0.682. The molecule has 1 unspecified atom stereocenters. The van der Waals surface area contributed by atoms with Crippen molar-refractivity contribution in [3.63, 3.8) is 0 Å². The Bertz CT molecular complexity index is 302. The lowest BCUT2D eigenvalue weighted by Crippen LogP contribution is -2.46. The largest absolute Gasteiger partial charge is 0.272 e. The van der Waals surface area contributed by atoms with Crippen molar-refractivity contribution < 1.29 is 4.79 Å². The maximum atomic E-state index is 11.9. The molecule has 0 aromatic heterocycles. The fourth-order valence-corrected chi connectivity index (χ4v) is 2.89. The van der Waals surface area contributed by atoms with Gasteiger partial charge in [-0.3, -0.25) is 4.79 Å². The van der Waals surface area contributed by atoms with Crippen LogP contribution in [0.4, 0.5) is 0 Å². The zero-order chi connectivity index (χ0) is 10.4. The molecule has 1 amide bonds. The molecule has 78 valence electrons. The highest BCUT2D eigenvalue weighted by atomic mass is 16.2. The highest BCUT2D eigenvalue weighted by Gasteiger charge is 2.55. The van der Waals surface area contributed by atoms with Crippen LogP contribution in [-0.4, -0.2) is 11.6 Å². The lowest BCUT2D eigenvalue weighted by molar-refractivity contribution is -0.130. The SMILES string of the molecule is CC1=NNC(=O)C1(C)C1(C)CCCC1. The number of nitrogens with one attached hydrogen (secondary N) is 1. The van der Waals surface area contributed by atoms with Crippen LogP contribution in [0.3, 0.4) is 0 Å². The fourth-order valence-electron chi connectivity index (χ4n) is 2.89. The van der Waals surface area contributed by atoms with E-state index >= 15 is 0 Å². The van der Waals surface area contributed by atoms with Crippen molar-refractivity contribution in [2.45, 2.75) is 46.5 Å². The van der Waals surface area contributed by atoms with Crippen molar-refractivity contribution in [1.82, 2.24) is 5.43 Å². The van der Waals surface area contributed by atoms with Gasteiger partial charge in [-0.05, 0) is 32.1 Å². The minimum atomic E-state index is -0.372. The highest BCUT2D eigenvalue weighted by molar-refractivity contribution is 6.11. The smallest absolute Gasteiger partial charge is 0.252 e.